The average molecular weight is 462 g/mol. The standard InChI is InChI=1S/C22H21BrFNO4/c23-17-11-16(12-18(24)13-17)20(26)8-4-5-9-21(27)25-19(14-29-22(25)28)10-15-6-2-1-3-7-15/h1-3,6-7,11-13,19H,4-5,8-10,14H2/t19-/m1/s1. The quantitative estimate of drug-likeness (QED) is 0.413. The number of benzene rings is 2. The molecule has 0 N–H and O–H groups in total. The molecule has 2 aromatic rings. The fourth-order valence-corrected chi connectivity index (χ4v) is 3.81. The van der Waals surface area contributed by atoms with Crippen molar-refractivity contribution in [1.82, 2.24) is 4.90 Å². The van der Waals surface area contributed by atoms with Crippen molar-refractivity contribution in [3.05, 3.63) is 69.9 Å². The second-order valence-corrected chi connectivity index (χ2v) is 7.89. The Bertz CT molecular complexity index is 883. The second kappa shape index (κ2) is 9.78. The van der Waals surface area contributed by atoms with Gasteiger partial charge in [-0.2, -0.15) is 0 Å². The fourth-order valence-electron chi connectivity index (χ4n) is 3.34. The molecule has 1 aliphatic heterocycles. The van der Waals surface area contributed by atoms with Crippen molar-refractivity contribution in [1.29, 1.82) is 0 Å². The van der Waals surface area contributed by atoms with E-state index in [1.807, 2.05) is 30.3 Å². The van der Waals surface area contributed by atoms with Gasteiger partial charge in [0.15, 0.2) is 5.78 Å². The molecule has 152 valence electrons. The summed E-state index contributed by atoms with van der Waals surface area (Å²) in [5.41, 5.74) is 1.33. The first-order valence-corrected chi connectivity index (χ1v) is 10.3. The average Bonchev–Trinajstić information content (AvgIpc) is 3.05. The van der Waals surface area contributed by atoms with Crippen LogP contribution in [0.1, 0.15) is 41.6 Å². The number of amides is 2. The maximum Gasteiger partial charge on any atom is 0.416 e. The van der Waals surface area contributed by atoms with Gasteiger partial charge >= 0.3 is 6.09 Å². The van der Waals surface area contributed by atoms with Crippen LogP contribution in [0.15, 0.2) is 53.0 Å². The molecular weight excluding hydrogens is 441 g/mol. The van der Waals surface area contributed by atoms with Gasteiger partial charge in [-0.15, -0.1) is 0 Å². The predicted octanol–water partition coefficient (Wildman–Crippen LogP) is 4.92. The SMILES string of the molecule is O=C(CCCCC(=O)N1C(=O)OC[C@H]1Cc1ccccc1)c1cc(F)cc(Br)c1. The van der Waals surface area contributed by atoms with Crippen LogP contribution in [0.5, 0.6) is 0 Å². The zero-order valence-electron chi connectivity index (χ0n) is 15.8. The van der Waals surface area contributed by atoms with Crippen molar-refractivity contribution in [2.24, 2.45) is 0 Å². The van der Waals surface area contributed by atoms with Crippen LogP contribution in [-0.4, -0.2) is 35.3 Å². The summed E-state index contributed by atoms with van der Waals surface area (Å²) in [7, 11) is 0. The van der Waals surface area contributed by atoms with E-state index in [0.717, 1.165) is 5.56 Å². The summed E-state index contributed by atoms with van der Waals surface area (Å²) in [6.45, 7) is 0.187. The van der Waals surface area contributed by atoms with E-state index in [2.05, 4.69) is 15.9 Å². The number of carbonyl (C=O) groups excluding carboxylic acids is 3. The lowest BCUT2D eigenvalue weighted by molar-refractivity contribution is -0.129. The Morgan fingerprint density at radius 1 is 1.10 bits per heavy atom. The Hall–Kier alpha value is -2.54. The van der Waals surface area contributed by atoms with Crippen LogP contribution in [-0.2, 0) is 16.0 Å². The minimum Gasteiger partial charge on any atom is -0.447 e. The number of unbranched alkanes of at least 4 members (excludes halogenated alkanes) is 1. The number of hydrogen-bond acceptors (Lipinski definition) is 4. The number of ketones is 1. The summed E-state index contributed by atoms with van der Waals surface area (Å²) in [4.78, 5) is 37.9. The van der Waals surface area contributed by atoms with Gasteiger partial charge in [-0.3, -0.25) is 9.59 Å². The second-order valence-electron chi connectivity index (χ2n) is 6.97. The summed E-state index contributed by atoms with van der Waals surface area (Å²) in [5.74, 6) is -0.954. The summed E-state index contributed by atoms with van der Waals surface area (Å²) in [6.07, 6.45) is 1.23. The first-order chi connectivity index (χ1) is 13.9. The molecule has 1 heterocycles. The first kappa shape index (κ1) is 21.2. The number of carbonyl (C=O) groups is 3. The van der Waals surface area contributed by atoms with Crippen molar-refractivity contribution in [2.45, 2.75) is 38.1 Å². The molecule has 0 unspecified atom stereocenters. The van der Waals surface area contributed by atoms with E-state index in [1.165, 1.54) is 17.0 Å². The highest BCUT2D eigenvalue weighted by Gasteiger charge is 2.37. The number of nitrogens with zero attached hydrogens (tertiary/aromatic N) is 1. The van der Waals surface area contributed by atoms with Gasteiger partial charge in [-0.05, 0) is 43.0 Å². The normalized spacial score (nSPS) is 16.0. The van der Waals surface area contributed by atoms with Crippen molar-refractivity contribution in [3.8, 4) is 0 Å². The van der Waals surface area contributed by atoms with Gasteiger partial charge in [0, 0.05) is 22.9 Å². The zero-order chi connectivity index (χ0) is 20.8. The molecule has 29 heavy (non-hydrogen) atoms. The van der Waals surface area contributed by atoms with E-state index >= 15 is 0 Å². The Kier molecular flexibility index (Phi) is 7.14. The summed E-state index contributed by atoms with van der Waals surface area (Å²) in [5, 5.41) is 0. The van der Waals surface area contributed by atoms with E-state index in [-0.39, 0.29) is 37.2 Å². The van der Waals surface area contributed by atoms with Crippen molar-refractivity contribution < 1.29 is 23.5 Å². The maximum absolute atomic E-state index is 13.4. The van der Waals surface area contributed by atoms with Crippen LogP contribution >= 0.6 is 15.9 Å². The Morgan fingerprint density at radius 2 is 1.83 bits per heavy atom. The highest BCUT2D eigenvalue weighted by Crippen LogP contribution is 2.20. The molecule has 0 aromatic heterocycles. The molecule has 3 rings (SSSR count). The summed E-state index contributed by atoms with van der Waals surface area (Å²) < 4.78 is 19.0. The third kappa shape index (κ3) is 5.73. The highest BCUT2D eigenvalue weighted by molar-refractivity contribution is 9.10. The van der Waals surface area contributed by atoms with Crippen LogP contribution in [0.4, 0.5) is 9.18 Å². The van der Waals surface area contributed by atoms with Crippen molar-refractivity contribution >= 4 is 33.7 Å². The van der Waals surface area contributed by atoms with Gasteiger partial charge in [-0.25, -0.2) is 14.1 Å². The molecule has 0 aliphatic carbocycles. The summed E-state index contributed by atoms with van der Waals surface area (Å²) >= 11 is 3.17. The van der Waals surface area contributed by atoms with E-state index in [9.17, 15) is 18.8 Å². The zero-order valence-corrected chi connectivity index (χ0v) is 17.4. The van der Waals surface area contributed by atoms with Crippen LogP contribution in [0.2, 0.25) is 0 Å². The largest absolute Gasteiger partial charge is 0.447 e. The molecule has 5 nitrogen and oxygen atoms in total. The lowest BCUT2D eigenvalue weighted by Crippen LogP contribution is -2.40. The number of cyclic esters (lactones) is 1. The van der Waals surface area contributed by atoms with Crippen LogP contribution in [0.3, 0.4) is 0 Å². The monoisotopic (exact) mass is 461 g/mol. The van der Waals surface area contributed by atoms with Crippen LogP contribution in [0.25, 0.3) is 0 Å². The van der Waals surface area contributed by atoms with Gasteiger partial charge in [-0.1, -0.05) is 46.3 Å². The Labute approximate surface area is 177 Å². The molecule has 1 fully saturated rings. The number of halogens is 2. The number of imide groups is 1. The fraction of sp³-hybridized carbons (Fsp3) is 0.318. The Morgan fingerprint density at radius 3 is 2.55 bits per heavy atom. The van der Waals surface area contributed by atoms with Gasteiger partial charge in [0.2, 0.25) is 5.91 Å². The lowest BCUT2D eigenvalue weighted by Gasteiger charge is -2.19. The summed E-state index contributed by atoms with van der Waals surface area (Å²) in [6, 6.07) is 13.4. The third-order valence-corrected chi connectivity index (χ3v) is 5.23. The Balaban J connectivity index is 1.49. The molecule has 2 aromatic carbocycles. The van der Waals surface area contributed by atoms with Gasteiger partial charge < -0.3 is 4.74 Å². The minimum absolute atomic E-state index is 0.153. The minimum atomic E-state index is -0.614. The molecule has 1 aliphatic rings. The number of hydrogen-bond donors (Lipinski definition) is 0. The molecular formula is C22H21BrFNO4. The lowest BCUT2D eigenvalue weighted by atomic mass is 10.0. The molecule has 1 atom stereocenters. The first-order valence-electron chi connectivity index (χ1n) is 9.46. The number of Topliss-reactive ketones (excluding diaryl/α,β-unsaturated/α-hetero) is 1. The van der Waals surface area contributed by atoms with E-state index in [4.69, 9.17) is 4.74 Å². The van der Waals surface area contributed by atoms with Gasteiger partial charge in [0.1, 0.15) is 12.4 Å². The molecule has 2 amide bonds. The molecule has 0 spiro atoms. The van der Waals surface area contributed by atoms with E-state index in [0.29, 0.717) is 29.3 Å². The molecule has 0 radical (unpaired) electrons. The number of ether oxygens (including phenoxy) is 1. The molecule has 1 saturated heterocycles. The van der Waals surface area contributed by atoms with Gasteiger partial charge in [0.05, 0.1) is 6.04 Å². The van der Waals surface area contributed by atoms with Crippen LogP contribution in [0, 0.1) is 5.82 Å². The highest BCUT2D eigenvalue weighted by atomic mass is 79.9. The predicted molar refractivity (Wildman–Crippen MR) is 109 cm³/mol. The van der Waals surface area contributed by atoms with Crippen molar-refractivity contribution in [3.63, 3.8) is 0 Å². The molecule has 0 saturated carbocycles. The topological polar surface area (TPSA) is 63.7 Å². The maximum atomic E-state index is 13.4. The van der Waals surface area contributed by atoms with Crippen LogP contribution < -0.4 is 0 Å². The molecule has 7 heteroatoms. The molecule has 0 bridgehead atoms. The van der Waals surface area contributed by atoms with E-state index in [1.54, 1.807) is 6.07 Å². The number of rotatable bonds is 8. The van der Waals surface area contributed by atoms with Gasteiger partial charge in [0.25, 0.3) is 0 Å². The van der Waals surface area contributed by atoms with Crippen molar-refractivity contribution in [2.75, 3.05) is 6.61 Å². The third-order valence-electron chi connectivity index (χ3n) is 4.77. The smallest absolute Gasteiger partial charge is 0.416 e. The van der Waals surface area contributed by atoms with E-state index < -0.39 is 11.9 Å².